The van der Waals surface area contributed by atoms with Crippen molar-refractivity contribution in [2.75, 3.05) is 64.3 Å². The van der Waals surface area contributed by atoms with Gasteiger partial charge in [0.25, 0.3) is 0 Å². The summed E-state index contributed by atoms with van der Waals surface area (Å²) in [5, 5.41) is 9.79. The molecule has 238 valence electrons. The normalized spacial score (nSPS) is 22.3. The summed E-state index contributed by atoms with van der Waals surface area (Å²) in [5.41, 5.74) is 2.72. The Morgan fingerprint density at radius 1 is 0.911 bits per heavy atom. The average Bonchev–Trinajstić information content (AvgIpc) is 3.05. The molecule has 0 unspecified atom stereocenters. The molecule has 11 heteroatoms. The molecule has 6 rings (SSSR count). The number of anilines is 2. The summed E-state index contributed by atoms with van der Waals surface area (Å²) in [7, 11) is 7.13. The molecule has 2 fully saturated rings. The molecule has 1 atom stereocenters. The largest absolute Gasteiger partial charge is 0.493 e. The van der Waals surface area contributed by atoms with Crippen LogP contribution in [0.4, 0.5) is 11.6 Å². The maximum Gasteiger partial charge on any atom is 0.236 e. The van der Waals surface area contributed by atoms with Crippen LogP contribution in [0.15, 0.2) is 48.5 Å². The van der Waals surface area contributed by atoms with Crippen LogP contribution in [0.25, 0.3) is 0 Å². The van der Waals surface area contributed by atoms with Crippen molar-refractivity contribution < 1.29 is 19.1 Å². The highest BCUT2D eigenvalue weighted by Crippen LogP contribution is 2.43. The van der Waals surface area contributed by atoms with Crippen LogP contribution in [0.2, 0.25) is 5.02 Å². The van der Waals surface area contributed by atoms with E-state index in [1.807, 2.05) is 67.5 Å². The molecule has 0 spiro atoms. The van der Waals surface area contributed by atoms with Gasteiger partial charge in [0.2, 0.25) is 11.8 Å². The lowest BCUT2D eigenvalue weighted by atomic mass is 9.84. The summed E-state index contributed by atoms with van der Waals surface area (Å²) in [6.07, 6.45) is 4.68. The van der Waals surface area contributed by atoms with Crippen LogP contribution in [-0.4, -0.2) is 92.3 Å². The van der Waals surface area contributed by atoms with Crippen LogP contribution < -0.4 is 19.3 Å². The summed E-state index contributed by atoms with van der Waals surface area (Å²) in [4.78, 5) is 34.0. The smallest absolute Gasteiger partial charge is 0.236 e. The molecule has 0 radical (unpaired) electrons. The third-order valence-corrected chi connectivity index (χ3v) is 9.87. The second kappa shape index (κ2) is 13.2. The molecule has 1 saturated heterocycles. The number of methoxy groups -OCH3 is 2. The molecule has 2 aliphatic heterocycles. The van der Waals surface area contributed by atoms with Crippen molar-refractivity contribution in [2.45, 2.75) is 44.2 Å². The number of piperazine rings is 1. The summed E-state index contributed by atoms with van der Waals surface area (Å²) < 4.78 is 11.1. The summed E-state index contributed by atoms with van der Waals surface area (Å²) >= 11 is 6.23. The van der Waals surface area contributed by atoms with Crippen LogP contribution in [-0.2, 0) is 16.0 Å². The van der Waals surface area contributed by atoms with E-state index in [1.54, 1.807) is 19.1 Å². The molecule has 45 heavy (non-hydrogen) atoms. The van der Waals surface area contributed by atoms with Gasteiger partial charge < -0.3 is 19.3 Å². The number of carbonyl (C=O) groups is 2. The number of hydrogen-bond donors (Lipinski definition) is 0. The van der Waals surface area contributed by atoms with Gasteiger partial charge >= 0.3 is 0 Å². The zero-order valence-electron chi connectivity index (χ0n) is 26.4. The van der Waals surface area contributed by atoms with Gasteiger partial charge in [-0.15, -0.1) is 10.2 Å². The van der Waals surface area contributed by atoms with E-state index in [0.717, 1.165) is 67.8 Å². The van der Waals surface area contributed by atoms with Gasteiger partial charge in [-0.2, -0.15) is 0 Å². The number of fused-ring (bicyclic) bond motifs is 1. The Hall–Kier alpha value is -3.89. The Morgan fingerprint density at radius 2 is 1.62 bits per heavy atom. The third kappa shape index (κ3) is 6.44. The predicted molar refractivity (Wildman–Crippen MR) is 174 cm³/mol. The Morgan fingerprint density at radius 3 is 2.27 bits per heavy atom. The van der Waals surface area contributed by atoms with Crippen LogP contribution in [0.1, 0.15) is 48.4 Å². The first-order valence-corrected chi connectivity index (χ1v) is 16.0. The number of benzene rings is 2. The monoisotopic (exact) mass is 632 g/mol. The van der Waals surface area contributed by atoms with Gasteiger partial charge in [0.05, 0.1) is 33.2 Å². The van der Waals surface area contributed by atoms with E-state index >= 15 is 0 Å². The molecule has 10 nitrogen and oxygen atoms in total. The van der Waals surface area contributed by atoms with Crippen molar-refractivity contribution in [1.29, 1.82) is 0 Å². The van der Waals surface area contributed by atoms with E-state index in [9.17, 15) is 9.59 Å². The Balaban J connectivity index is 1.18. The van der Waals surface area contributed by atoms with Gasteiger partial charge in [-0.3, -0.25) is 19.4 Å². The maximum atomic E-state index is 13.7. The molecule has 2 aromatic carbocycles. The Labute approximate surface area is 269 Å². The number of nitrogens with zero attached hydrogens (tertiary/aromatic N) is 6. The van der Waals surface area contributed by atoms with Crippen molar-refractivity contribution in [3.8, 4) is 11.5 Å². The summed E-state index contributed by atoms with van der Waals surface area (Å²) in [6.45, 7) is 3.20. The zero-order valence-corrected chi connectivity index (χ0v) is 27.2. The molecule has 3 aromatic rings. The summed E-state index contributed by atoms with van der Waals surface area (Å²) in [5.74, 6) is 3.13. The lowest BCUT2D eigenvalue weighted by Crippen LogP contribution is -2.53. The van der Waals surface area contributed by atoms with Crippen LogP contribution in [0, 0.1) is 5.92 Å². The molecule has 0 bridgehead atoms. The number of carbonyl (C=O) groups excluding carboxylic acids is 2. The quantitative estimate of drug-likeness (QED) is 0.356. The highest BCUT2D eigenvalue weighted by molar-refractivity contribution is 6.30. The third-order valence-electron chi connectivity index (χ3n) is 9.62. The fourth-order valence-corrected chi connectivity index (χ4v) is 7.15. The molecular formula is C34H41ClN6O4. The highest BCUT2D eigenvalue weighted by atomic mass is 35.5. The number of rotatable bonds is 8. The standard InChI is InChI=1S/C34H41ClN6O4/c1-38-15-16-40(21-33(38)43)26-11-5-22(6-12-26)20-39(2)30-13-14-31(37-36-30)41-32(42)18-24-17-28(44-3)29(45-4)19-27(24)34(41)23-7-9-25(35)10-8-23/h7-10,13-14,17,19,22,26,34H,5-6,11-12,15-16,18,20-21H2,1-4H3/t22?,26?,34-/m0/s1. The van der Waals surface area contributed by atoms with E-state index in [4.69, 9.17) is 21.1 Å². The maximum absolute atomic E-state index is 13.7. The number of ether oxygens (including phenoxy) is 2. The zero-order chi connectivity index (χ0) is 31.7. The average molecular weight is 633 g/mol. The molecule has 3 aliphatic rings. The molecular weight excluding hydrogens is 592 g/mol. The van der Waals surface area contributed by atoms with E-state index in [1.165, 1.54) is 0 Å². The first kappa shape index (κ1) is 31.1. The number of amides is 2. The topological polar surface area (TPSA) is 91.3 Å². The number of halogens is 1. The van der Waals surface area contributed by atoms with Crippen LogP contribution in [0.5, 0.6) is 11.5 Å². The predicted octanol–water partition coefficient (Wildman–Crippen LogP) is 4.59. The lowest BCUT2D eigenvalue weighted by Gasteiger charge is -2.41. The van der Waals surface area contributed by atoms with Crippen LogP contribution >= 0.6 is 11.6 Å². The van der Waals surface area contributed by atoms with Gasteiger partial charge in [-0.25, -0.2) is 0 Å². The Kier molecular flexibility index (Phi) is 9.14. The second-order valence-corrected chi connectivity index (χ2v) is 12.8. The van der Waals surface area contributed by atoms with Crippen molar-refractivity contribution in [3.63, 3.8) is 0 Å². The van der Waals surface area contributed by atoms with Gasteiger partial charge in [0, 0.05) is 44.8 Å². The number of aromatic nitrogens is 2. The minimum absolute atomic E-state index is 0.0797. The molecule has 0 N–H and O–H groups in total. The summed E-state index contributed by atoms with van der Waals surface area (Å²) in [6, 6.07) is 15.2. The fourth-order valence-electron chi connectivity index (χ4n) is 7.02. The van der Waals surface area contributed by atoms with E-state index in [2.05, 4.69) is 20.0 Å². The van der Waals surface area contributed by atoms with E-state index in [-0.39, 0.29) is 18.2 Å². The molecule has 3 heterocycles. The van der Waals surface area contributed by atoms with Crippen molar-refractivity contribution in [2.24, 2.45) is 5.92 Å². The van der Waals surface area contributed by atoms with Crippen LogP contribution in [0.3, 0.4) is 0 Å². The fraction of sp³-hybridized carbons (Fsp3) is 0.471. The lowest BCUT2D eigenvalue weighted by molar-refractivity contribution is -0.135. The minimum atomic E-state index is -0.443. The minimum Gasteiger partial charge on any atom is -0.493 e. The number of likely N-dealkylation sites (N-methyl/N-ethyl adjacent to an activating group) is 1. The van der Waals surface area contributed by atoms with Gasteiger partial charge in [0.15, 0.2) is 23.1 Å². The first-order valence-electron chi connectivity index (χ1n) is 15.6. The Bertz CT molecular complexity index is 1530. The van der Waals surface area contributed by atoms with Crippen molar-refractivity contribution >= 4 is 35.1 Å². The van der Waals surface area contributed by atoms with Gasteiger partial charge in [0.1, 0.15) is 0 Å². The second-order valence-electron chi connectivity index (χ2n) is 12.4. The number of hydrogen-bond acceptors (Lipinski definition) is 8. The molecule has 2 amide bonds. The first-order chi connectivity index (χ1) is 21.7. The van der Waals surface area contributed by atoms with E-state index < -0.39 is 6.04 Å². The molecule has 1 saturated carbocycles. The van der Waals surface area contributed by atoms with Gasteiger partial charge in [-0.1, -0.05) is 23.7 Å². The highest BCUT2D eigenvalue weighted by Gasteiger charge is 2.37. The molecule has 1 aliphatic carbocycles. The van der Waals surface area contributed by atoms with Gasteiger partial charge in [-0.05, 0) is 84.7 Å². The van der Waals surface area contributed by atoms with Crippen molar-refractivity contribution in [1.82, 2.24) is 20.0 Å². The molecule has 1 aromatic heterocycles. The van der Waals surface area contributed by atoms with E-state index in [0.29, 0.717) is 40.8 Å². The SMILES string of the molecule is COc1cc2c(cc1OC)[C@H](c1ccc(Cl)cc1)N(c1ccc(N(C)CC3CCC(N4CCN(C)C(=O)C4)CC3)nn1)C(=O)C2. The van der Waals surface area contributed by atoms with Crippen molar-refractivity contribution in [3.05, 3.63) is 70.2 Å².